The minimum absolute atomic E-state index is 0.316. The minimum atomic E-state index is -9.07. The monoisotopic (exact) mass is 750 g/mol. The van der Waals surface area contributed by atoms with Crippen LogP contribution in [-0.4, -0.2) is 59.2 Å². The fourth-order valence-corrected chi connectivity index (χ4v) is 3.83. The van der Waals surface area contributed by atoms with Gasteiger partial charge in [-0.15, -0.1) is 0 Å². The highest BCUT2D eigenvalue weighted by Gasteiger charge is 2.97. The minimum Gasteiger partial charge on any atom is -0.199 e. The average Bonchev–Trinajstić information content (AvgIpc) is 2.90. The predicted octanol–water partition coefficient (Wildman–Crippen LogP) is 11.1. The first kappa shape index (κ1) is 39.8. The highest BCUT2D eigenvalue weighted by Crippen LogP contribution is 2.66. The van der Waals surface area contributed by atoms with Crippen molar-refractivity contribution in [1.29, 1.82) is 0 Å². The summed E-state index contributed by atoms with van der Waals surface area (Å²) in [6.45, 7) is 0. The van der Waals surface area contributed by atoms with Gasteiger partial charge in [0.25, 0.3) is 0 Å². The summed E-state index contributed by atoms with van der Waals surface area (Å²) in [7, 11) is 0. The quantitative estimate of drug-likeness (QED) is 0.179. The molecule has 0 amide bonds. The first-order valence-electron chi connectivity index (χ1n) is 11.5. The van der Waals surface area contributed by atoms with Gasteiger partial charge in [-0.25, -0.2) is 0 Å². The van der Waals surface area contributed by atoms with E-state index in [1.54, 1.807) is 0 Å². The molecule has 0 nitrogen and oxygen atoms in total. The van der Waals surface area contributed by atoms with Crippen LogP contribution in [0.2, 0.25) is 10.0 Å². The van der Waals surface area contributed by atoms with E-state index in [9.17, 15) is 87.8 Å². The molecular weight excluding hydrogens is 739 g/mol. The fraction of sp³-hybridized carbons (Fsp3) is 0.500. The van der Waals surface area contributed by atoms with Crippen LogP contribution in [0, 0.1) is 0 Å². The lowest BCUT2D eigenvalue weighted by molar-refractivity contribution is -0.468. The van der Waals surface area contributed by atoms with Gasteiger partial charge in [0, 0.05) is 22.9 Å². The maximum absolute atomic E-state index is 14.1. The van der Waals surface area contributed by atoms with E-state index in [4.69, 9.17) is 23.2 Å². The second-order valence-corrected chi connectivity index (χ2v) is 10.5. The van der Waals surface area contributed by atoms with Crippen molar-refractivity contribution >= 4 is 23.2 Å². The Kier molecular flexibility index (Phi) is 10.1. The number of rotatable bonds is 13. The molecule has 46 heavy (non-hydrogen) atoms. The molecule has 0 unspecified atom stereocenters. The molecule has 2 rings (SSSR count). The zero-order chi connectivity index (χ0) is 36.4. The molecule has 0 spiro atoms. The van der Waals surface area contributed by atoms with Crippen LogP contribution in [0.4, 0.5) is 87.8 Å². The lowest BCUT2D eigenvalue weighted by Gasteiger charge is -2.45. The van der Waals surface area contributed by atoms with Gasteiger partial charge in [0.15, 0.2) is 0 Å². The number of alkyl halides is 20. The normalized spacial score (nSPS) is 15.3. The lowest BCUT2D eigenvalue weighted by Crippen LogP contribution is -2.77. The van der Waals surface area contributed by atoms with Gasteiger partial charge < -0.3 is 0 Å². The Bertz CT molecular complexity index is 1260. The number of benzene rings is 2. The molecule has 0 heterocycles. The van der Waals surface area contributed by atoms with Crippen molar-refractivity contribution in [2.24, 2.45) is 0 Å². The fourth-order valence-electron chi connectivity index (χ4n) is 3.58. The second-order valence-electron chi connectivity index (χ2n) is 9.61. The number of hydrogen-bond donors (Lipinski definition) is 0. The summed E-state index contributed by atoms with van der Waals surface area (Å²) in [5.74, 6) is -82.3. The van der Waals surface area contributed by atoms with E-state index in [2.05, 4.69) is 0 Å². The van der Waals surface area contributed by atoms with E-state index in [-0.39, 0.29) is 10.0 Å². The zero-order valence-corrected chi connectivity index (χ0v) is 22.9. The van der Waals surface area contributed by atoms with E-state index in [1.807, 2.05) is 0 Å². The Balaban J connectivity index is 2.60. The van der Waals surface area contributed by atoms with Crippen molar-refractivity contribution in [3.05, 3.63) is 69.7 Å². The van der Waals surface area contributed by atoms with Crippen LogP contribution in [0.1, 0.15) is 11.1 Å². The van der Waals surface area contributed by atoms with Crippen LogP contribution in [0.5, 0.6) is 0 Å². The summed E-state index contributed by atoms with van der Waals surface area (Å²) in [5.41, 5.74) is -2.34. The summed E-state index contributed by atoms with van der Waals surface area (Å²) in [6.07, 6.45) is -5.54. The topological polar surface area (TPSA) is 0 Å². The first-order valence-corrected chi connectivity index (χ1v) is 12.2. The van der Waals surface area contributed by atoms with Gasteiger partial charge in [-0.05, 0) is 35.4 Å². The van der Waals surface area contributed by atoms with Gasteiger partial charge in [0.2, 0.25) is 0 Å². The molecule has 0 aliphatic carbocycles. The molecule has 22 heteroatoms. The molecule has 0 bridgehead atoms. The average molecular weight is 751 g/mol. The van der Waals surface area contributed by atoms with Crippen LogP contribution in [-0.2, 0) is 12.8 Å². The Morgan fingerprint density at radius 3 is 0.674 bits per heavy atom. The highest BCUT2D eigenvalue weighted by atomic mass is 35.5. The Hall–Kier alpha value is -2.38. The SMILES string of the molecule is FC(F)(Cc1ccc(Cl)cc1)C(F)(F)C(F)(F)C(F)(F)C(F)(F)C(F)(F)C(F)(F)C(F)(F)C(F)(F)C(F)(F)Cc1ccc(Cl)cc1. The van der Waals surface area contributed by atoms with Crippen molar-refractivity contribution in [3.8, 4) is 0 Å². The lowest BCUT2D eigenvalue weighted by atomic mass is 9.84. The van der Waals surface area contributed by atoms with Crippen LogP contribution in [0.15, 0.2) is 48.5 Å². The van der Waals surface area contributed by atoms with Crippen molar-refractivity contribution in [2.75, 3.05) is 0 Å². The Labute approximate surface area is 253 Å². The van der Waals surface area contributed by atoms with Gasteiger partial charge >= 0.3 is 59.2 Å². The summed E-state index contributed by atoms with van der Waals surface area (Å²) < 4.78 is 282. The molecule has 0 aliphatic heterocycles. The van der Waals surface area contributed by atoms with Crippen molar-refractivity contribution in [1.82, 2.24) is 0 Å². The molecule has 0 aliphatic rings. The highest BCUT2D eigenvalue weighted by molar-refractivity contribution is 6.30. The van der Waals surface area contributed by atoms with Crippen LogP contribution in [0.25, 0.3) is 0 Å². The van der Waals surface area contributed by atoms with Crippen molar-refractivity contribution in [3.63, 3.8) is 0 Å². The van der Waals surface area contributed by atoms with Crippen molar-refractivity contribution < 1.29 is 87.8 Å². The van der Waals surface area contributed by atoms with Gasteiger partial charge in [-0.2, -0.15) is 87.8 Å². The summed E-state index contributed by atoms with van der Waals surface area (Å²) in [4.78, 5) is 0. The zero-order valence-electron chi connectivity index (χ0n) is 21.3. The van der Waals surface area contributed by atoms with Gasteiger partial charge in [-0.1, -0.05) is 47.5 Å². The van der Waals surface area contributed by atoms with Crippen molar-refractivity contribution in [2.45, 2.75) is 72.1 Å². The number of halogens is 22. The molecule has 0 atom stereocenters. The van der Waals surface area contributed by atoms with E-state index in [1.165, 1.54) is 0 Å². The van der Waals surface area contributed by atoms with Gasteiger partial charge in [-0.3, -0.25) is 0 Å². The molecule has 262 valence electrons. The Morgan fingerprint density at radius 1 is 0.304 bits per heavy atom. The maximum Gasteiger partial charge on any atom is 0.385 e. The maximum atomic E-state index is 14.1. The van der Waals surface area contributed by atoms with Gasteiger partial charge in [0.1, 0.15) is 0 Å². The molecule has 0 aromatic heterocycles. The summed E-state index contributed by atoms with van der Waals surface area (Å²) >= 11 is 10.7. The summed E-state index contributed by atoms with van der Waals surface area (Å²) in [5, 5.41) is -0.632. The predicted molar refractivity (Wildman–Crippen MR) is 120 cm³/mol. The molecule has 2 aromatic rings. The molecule has 0 saturated carbocycles. The Morgan fingerprint density at radius 2 is 0.478 bits per heavy atom. The first-order chi connectivity index (χ1) is 20.2. The van der Waals surface area contributed by atoms with E-state index < -0.39 is 83.2 Å². The molecular formula is C24H12Cl2F20. The van der Waals surface area contributed by atoms with E-state index >= 15 is 0 Å². The van der Waals surface area contributed by atoms with E-state index in [0.717, 1.165) is 0 Å². The van der Waals surface area contributed by atoms with Gasteiger partial charge in [0.05, 0.1) is 0 Å². The second kappa shape index (κ2) is 11.6. The molecule has 2 aromatic carbocycles. The smallest absolute Gasteiger partial charge is 0.199 e. The third-order valence-electron chi connectivity index (χ3n) is 6.36. The van der Waals surface area contributed by atoms with Crippen LogP contribution >= 0.6 is 23.2 Å². The molecule has 0 radical (unpaired) electrons. The summed E-state index contributed by atoms with van der Waals surface area (Å²) in [6, 6.07) is 4.00. The molecule has 0 saturated heterocycles. The standard InChI is InChI=1S/C24H12Cl2F20/c25-13-5-1-11(2-6-13)9-15(27,28)17(31,32)19(35,36)21(39,40)23(43,44)24(45,46)22(41,42)20(37,38)18(33,34)16(29,30)10-12-3-7-14(26)8-4-12/h1-8H,9-10H2. The van der Waals surface area contributed by atoms with Crippen LogP contribution in [0.3, 0.4) is 0 Å². The third kappa shape index (κ3) is 5.82. The third-order valence-corrected chi connectivity index (χ3v) is 6.86. The number of hydrogen-bond acceptors (Lipinski definition) is 0. The molecule has 0 fully saturated rings. The largest absolute Gasteiger partial charge is 0.385 e. The molecule has 0 N–H and O–H groups in total. The van der Waals surface area contributed by atoms with Crippen LogP contribution < -0.4 is 0 Å². The van der Waals surface area contributed by atoms with E-state index in [0.29, 0.717) is 48.5 Å².